The Kier molecular flexibility index (Phi) is 4.88. The first-order valence-electron chi connectivity index (χ1n) is 6.99. The van der Waals surface area contributed by atoms with Gasteiger partial charge in [0.1, 0.15) is 5.75 Å². The molecule has 1 aromatic rings. The topological polar surface area (TPSA) is 67.4 Å². The molecule has 1 saturated carbocycles. The Labute approximate surface area is 120 Å². The molecule has 112 valence electrons. The zero-order valence-corrected chi connectivity index (χ0v) is 12.7. The monoisotopic (exact) mass is 298 g/mol. The average molecular weight is 298 g/mol. The fourth-order valence-electron chi connectivity index (χ4n) is 1.78. The van der Waals surface area contributed by atoms with Crippen molar-refractivity contribution in [1.82, 2.24) is 5.32 Å². The van der Waals surface area contributed by atoms with Crippen molar-refractivity contribution in [2.75, 3.05) is 17.9 Å². The molecule has 1 atom stereocenters. The zero-order chi connectivity index (χ0) is 14.6. The standard InChI is InChI=1S/C14H22N2O3S/c1-3-19-14-8-6-13(7-9-14)16-20(17,18)11(2)10-15-12-4-5-12/h6-9,11-12,15-16H,3-5,10H2,1-2H3. The Morgan fingerprint density at radius 2 is 1.95 bits per heavy atom. The lowest BCUT2D eigenvalue weighted by Crippen LogP contribution is -2.35. The quantitative estimate of drug-likeness (QED) is 0.770. The van der Waals surface area contributed by atoms with Gasteiger partial charge in [-0.2, -0.15) is 0 Å². The van der Waals surface area contributed by atoms with Crippen LogP contribution in [-0.2, 0) is 10.0 Å². The van der Waals surface area contributed by atoms with Crippen LogP contribution in [0.15, 0.2) is 24.3 Å². The van der Waals surface area contributed by atoms with Gasteiger partial charge in [0.2, 0.25) is 10.0 Å². The zero-order valence-electron chi connectivity index (χ0n) is 11.9. The van der Waals surface area contributed by atoms with E-state index < -0.39 is 15.3 Å². The number of hydrogen-bond acceptors (Lipinski definition) is 4. The number of sulfonamides is 1. The largest absolute Gasteiger partial charge is 0.494 e. The maximum atomic E-state index is 12.2. The molecule has 1 aromatic carbocycles. The molecule has 0 radical (unpaired) electrons. The maximum Gasteiger partial charge on any atom is 0.236 e. The van der Waals surface area contributed by atoms with Crippen LogP contribution < -0.4 is 14.8 Å². The Morgan fingerprint density at radius 3 is 2.50 bits per heavy atom. The van der Waals surface area contributed by atoms with E-state index in [1.807, 2.05) is 6.92 Å². The molecule has 1 aliphatic rings. The highest BCUT2D eigenvalue weighted by molar-refractivity contribution is 7.93. The van der Waals surface area contributed by atoms with E-state index in [1.54, 1.807) is 31.2 Å². The smallest absolute Gasteiger partial charge is 0.236 e. The van der Waals surface area contributed by atoms with E-state index >= 15 is 0 Å². The predicted molar refractivity (Wildman–Crippen MR) is 80.6 cm³/mol. The molecule has 5 nitrogen and oxygen atoms in total. The third-order valence-electron chi connectivity index (χ3n) is 3.23. The van der Waals surface area contributed by atoms with E-state index in [9.17, 15) is 8.42 Å². The first-order valence-corrected chi connectivity index (χ1v) is 8.54. The summed E-state index contributed by atoms with van der Waals surface area (Å²) in [6.45, 7) is 4.70. The molecular weight excluding hydrogens is 276 g/mol. The second kappa shape index (κ2) is 6.45. The third-order valence-corrected chi connectivity index (χ3v) is 4.97. The van der Waals surface area contributed by atoms with E-state index in [4.69, 9.17) is 4.74 Å². The molecule has 1 aliphatic carbocycles. The summed E-state index contributed by atoms with van der Waals surface area (Å²) in [7, 11) is -3.36. The van der Waals surface area contributed by atoms with Crippen LogP contribution in [0.2, 0.25) is 0 Å². The number of benzene rings is 1. The number of rotatable bonds is 8. The van der Waals surface area contributed by atoms with Gasteiger partial charge in [0.05, 0.1) is 11.9 Å². The van der Waals surface area contributed by atoms with E-state index in [1.165, 1.54) is 0 Å². The van der Waals surface area contributed by atoms with Gasteiger partial charge in [-0.25, -0.2) is 8.42 Å². The lowest BCUT2D eigenvalue weighted by Gasteiger charge is -2.15. The molecule has 0 amide bonds. The van der Waals surface area contributed by atoms with Crippen molar-refractivity contribution in [2.45, 2.75) is 38.0 Å². The van der Waals surface area contributed by atoms with Crippen LogP contribution in [-0.4, -0.2) is 32.9 Å². The number of nitrogens with one attached hydrogen (secondary N) is 2. The summed E-state index contributed by atoms with van der Waals surface area (Å²) in [4.78, 5) is 0. The summed E-state index contributed by atoms with van der Waals surface area (Å²) in [6, 6.07) is 7.45. The molecule has 0 spiro atoms. The molecule has 0 heterocycles. The highest BCUT2D eigenvalue weighted by atomic mass is 32.2. The molecule has 2 rings (SSSR count). The van der Waals surface area contributed by atoms with E-state index in [0.717, 1.165) is 18.6 Å². The molecule has 2 N–H and O–H groups in total. The van der Waals surface area contributed by atoms with Gasteiger partial charge in [-0.15, -0.1) is 0 Å². The Bertz CT molecular complexity index is 524. The van der Waals surface area contributed by atoms with Crippen molar-refractivity contribution < 1.29 is 13.2 Å². The minimum Gasteiger partial charge on any atom is -0.494 e. The summed E-state index contributed by atoms with van der Waals surface area (Å²) in [6.07, 6.45) is 2.30. The minimum absolute atomic E-state index is 0.463. The third kappa shape index (κ3) is 4.38. The fraction of sp³-hybridized carbons (Fsp3) is 0.571. The van der Waals surface area contributed by atoms with Crippen LogP contribution in [0.5, 0.6) is 5.75 Å². The SMILES string of the molecule is CCOc1ccc(NS(=O)(=O)C(C)CNC2CC2)cc1. The molecule has 6 heteroatoms. The highest BCUT2D eigenvalue weighted by Crippen LogP contribution is 2.20. The van der Waals surface area contributed by atoms with Crippen LogP contribution in [0.4, 0.5) is 5.69 Å². The maximum absolute atomic E-state index is 12.2. The summed E-state index contributed by atoms with van der Waals surface area (Å²) < 4.78 is 32.3. The van der Waals surface area contributed by atoms with Gasteiger partial charge < -0.3 is 10.1 Å². The van der Waals surface area contributed by atoms with Gasteiger partial charge in [0.15, 0.2) is 0 Å². The number of ether oxygens (including phenoxy) is 1. The van der Waals surface area contributed by atoms with Gasteiger partial charge in [-0.1, -0.05) is 0 Å². The molecule has 1 unspecified atom stereocenters. The number of anilines is 1. The van der Waals surface area contributed by atoms with Gasteiger partial charge in [0.25, 0.3) is 0 Å². The fourth-order valence-corrected chi connectivity index (χ4v) is 2.76. The number of hydrogen-bond donors (Lipinski definition) is 2. The van der Waals surface area contributed by atoms with Gasteiger partial charge >= 0.3 is 0 Å². The molecule has 20 heavy (non-hydrogen) atoms. The van der Waals surface area contributed by atoms with Crippen LogP contribution in [0.1, 0.15) is 26.7 Å². The van der Waals surface area contributed by atoms with Crippen LogP contribution in [0, 0.1) is 0 Å². The normalized spacial score (nSPS) is 16.7. The first kappa shape index (κ1) is 15.1. The van der Waals surface area contributed by atoms with Crippen LogP contribution in [0.25, 0.3) is 0 Å². The second-order valence-electron chi connectivity index (χ2n) is 5.10. The van der Waals surface area contributed by atoms with Crippen molar-refractivity contribution in [3.8, 4) is 5.75 Å². The molecule has 1 fully saturated rings. The Hall–Kier alpha value is -1.27. The van der Waals surface area contributed by atoms with Crippen molar-refractivity contribution >= 4 is 15.7 Å². The minimum atomic E-state index is -3.36. The summed E-state index contributed by atoms with van der Waals surface area (Å²) in [5.41, 5.74) is 0.562. The molecule has 0 aromatic heterocycles. The summed E-state index contributed by atoms with van der Waals surface area (Å²) >= 11 is 0. The highest BCUT2D eigenvalue weighted by Gasteiger charge is 2.25. The first-order chi connectivity index (χ1) is 9.51. The van der Waals surface area contributed by atoms with Gasteiger partial charge in [-0.05, 0) is 51.0 Å². The summed E-state index contributed by atoms with van der Waals surface area (Å²) in [5.74, 6) is 0.735. The second-order valence-corrected chi connectivity index (χ2v) is 7.20. The molecule has 0 saturated heterocycles. The van der Waals surface area contributed by atoms with Crippen LogP contribution in [0.3, 0.4) is 0 Å². The lowest BCUT2D eigenvalue weighted by molar-refractivity contribution is 0.340. The van der Waals surface area contributed by atoms with Gasteiger partial charge in [0, 0.05) is 18.3 Å². The van der Waals surface area contributed by atoms with Crippen molar-refractivity contribution in [2.24, 2.45) is 0 Å². The molecule has 0 bridgehead atoms. The Morgan fingerprint density at radius 1 is 1.30 bits per heavy atom. The van der Waals surface area contributed by atoms with Crippen molar-refractivity contribution in [1.29, 1.82) is 0 Å². The predicted octanol–water partition coefficient (Wildman–Crippen LogP) is 1.97. The van der Waals surface area contributed by atoms with E-state index in [2.05, 4.69) is 10.0 Å². The van der Waals surface area contributed by atoms with Gasteiger partial charge in [-0.3, -0.25) is 4.72 Å². The summed E-state index contributed by atoms with van der Waals surface area (Å²) in [5, 5.41) is 2.77. The van der Waals surface area contributed by atoms with Crippen molar-refractivity contribution in [3.63, 3.8) is 0 Å². The molecule has 0 aliphatic heterocycles. The van der Waals surface area contributed by atoms with E-state index in [-0.39, 0.29) is 0 Å². The Balaban J connectivity index is 1.91. The van der Waals surface area contributed by atoms with Crippen LogP contribution >= 0.6 is 0 Å². The van der Waals surface area contributed by atoms with E-state index in [0.29, 0.717) is 24.9 Å². The van der Waals surface area contributed by atoms with Crippen molar-refractivity contribution in [3.05, 3.63) is 24.3 Å². The lowest BCUT2D eigenvalue weighted by atomic mass is 10.3. The molecular formula is C14H22N2O3S. The average Bonchev–Trinajstić information content (AvgIpc) is 3.22.